The molecule has 4 nitrogen and oxygen atoms in total. The van der Waals surface area contributed by atoms with Crippen molar-refractivity contribution in [3.63, 3.8) is 0 Å². The first-order chi connectivity index (χ1) is 10.5. The molecule has 2 aromatic heterocycles. The lowest BCUT2D eigenvalue weighted by atomic mass is 10.2. The van der Waals surface area contributed by atoms with Gasteiger partial charge in [0.1, 0.15) is 5.82 Å². The second-order valence-electron chi connectivity index (χ2n) is 4.17. The van der Waals surface area contributed by atoms with Gasteiger partial charge in [0.25, 0.3) is 5.56 Å². The lowest BCUT2D eigenvalue weighted by Crippen LogP contribution is -2.10. The summed E-state index contributed by atoms with van der Waals surface area (Å²) in [5.74, 6) is -4.18. The molecule has 112 valence electrons. The van der Waals surface area contributed by atoms with E-state index in [1.807, 2.05) is 0 Å². The van der Waals surface area contributed by atoms with Crippen molar-refractivity contribution < 1.29 is 13.2 Å². The average Bonchev–Trinajstić information content (AvgIpc) is 2.49. The number of anilines is 2. The Morgan fingerprint density at radius 2 is 1.95 bits per heavy atom. The molecule has 1 N–H and O–H groups in total. The summed E-state index contributed by atoms with van der Waals surface area (Å²) in [7, 11) is 0. The molecule has 9 heteroatoms. The van der Waals surface area contributed by atoms with Crippen molar-refractivity contribution in [1.29, 1.82) is 0 Å². The fraction of sp³-hybridized carbons (Fsp3) is 0. The first kappa shape index (κ1) is 14.7. The molecule has 0 saturated heterocycles. The second-order valence-corrected chi connectivity index (χ2v) is 5.61. The van der Waals surface area contributed by atoms with Crippen LogP contribution in [0.4, 0.5) is 24.1 Å². The molecule has 3 rings (SSSR count). The number of nitrogens with zero attached hydrogens (tertiary/aromatic N) is 2. The minimum atomic E-state index is -1.63. The summed E-state index contributed by atoms with van der Waals surface area (Å²) in [6, 6.07) is 3.70. The first-order valence-electron chi connectivity index (χ1n) is 5.82. The highest BCUT2D eigenvalue weighted by molar-refractivity contribution is 7.21. The van der Waals surface area contributed by atoms with E-state index in [1.165, 1.54) is 12.3 Å². The number of hydrogen-bond donors (Lipinski definition) is 1. The molecule has 0 amide bonds. The number of hydrogen-bond acceptors (Lipinski definition) is 5. The summed E-state index contributed by atoms with van der Waals surface area (Å²) >= 11 is 6.36. The Bertz CT molecular complexity index is 930. The average molecular weight is 344 g/mol. The number of halogens is 4. The minimum absolute atomic E-state index is 0.00256. The maximum Gasteiger partial charge on any atom is 0.281 e. The number of benzene rings is 1. The van der Waals surface area contributed by atoms with Gasteiger partial charge in [-0.3, -0.25) is 4.79 Å². The van der Waals surface area contributed by atoms with Crippen LogP contribution in [0.3, 0.4) is 0 Å². The van der Waals surface area contributed by atoms with E-state index >= 15 is 0 Å². The molecule has 0 aliphatic carbocycles. The second kappa shape index (κ2) is 5.54. The van der Waals surface area contributed by atoms with Crippen LogP contribution in [0.1, 0.15) is 0 Å². The van der Waals surface area contributed by atoms with Crippen LogP contribution in [-0.2, 0) is 0 Å². The zero-order valence-corrected chi connectivity index (χ0v) is 12.1. The maximum absolute atomic E-state index is 13.8. The van der Waals surface area contributed by atoms with E-state index in [-0.39, 0.29) is 15.2 Å². The van der Waals surface area contributed by atoms with Crippen LogP contribution in [0.2, 0.25) is 5.02 Å². The summed E-state index contributed by atoms with van der Waals surface area (Å²) in [6.45, 7) is 0. The minimum Gasteiger partial charge on any atom is -0.316 e. The monoisotopic (exact) mass is 343 g/mol. The maximum atomic E-state index is 13.8. The predicted molar refractivity (Wildman–Crippen MR) is 78.3 cm³/mol. The normalized spacial score (nSPS) is 10.9. The first-order valence-corrected chi connectivity index (χ1v) is 7.02. The van der Waals surface area contributed by atoms with Crippen LogP contribution in [-0.4, -0.2) is 9.97 Å². The van der Waals surface area contributed by atoms with E-state index in [9.17, 15) is 18.0 Å². The van der Waals surface area contributed by atoms with Gasteiger partial charge in [-0.2, -0.15) is 4.98 Å². The van der Waals surface area contributed by atoms with Crippen molar-refractivity contribution in [3.8, 4) is 0 Å². The number of rotatable bonds is 2. The van der Waals surface area contributed by atoms with Crippen molar-refractivity contribution in [1.82, 2.24) is 9.97 Å². The third-order valence-electron chi connectivity index (χ3n) is 2.71. The van der Waals surface area contributed by atoms with Crippen molar-refractivity contribution in [3.05, 3.63) is 57.2 Å². The number of pyridine rings is 1. The molecule has 0 aliphatic heterocycles. The number of aromatic nitrogens is 2. The third-order valence-corrected chi connectivity index (χ3v) is 3.93. The smallest absolute Gasteiger partial charge is 0.281 e. The zero-order chi connectivity index (χ0) is 15.9. The predicted octanol–water partition coefficient (Wildman–Crippen LogP) is 3.87. The molecule has 0 saturated carbocycles. The Morgan fingerprint density at radius 3 is 2.64 bits per heavy atom. The molecule has 0 unspecified atom stereocenters. The van der Waals surface area contributed by atoms with E-state index in [2.05, 4.69) is 15.3 Å². The van der Waals surface area contributed by atoms with E-state index in [0.29, 0.717) is 28.2 Å². The van der Waals surface area contributed by atoms with Crippen LogP contribution in [0, 0.1) is 17.5 Å². The Morgan fingerprint density at radius 1 is 1.18 bits per heavy atom. The quantitative estimate of drug-likeness (QED) is 0.718. The fourth-order valence-electron chi connectivity index (χ4n) is 1.72. The molecular formula is C13H5ClF3N3OS. The van der Waals surface area contributed by atoms with Gasteiger partial charge in [-0.05, 0) is 18.2 Å². The molecule has 0 spiro atoms. The van der Waals surface area contributed by atoms with Crippen LogP contribution < -0.4 is 10.9 Å². The Hall–Kier alpha value is -2.19. The van der Waals surface area contributed by atoms with Gasteiger partial charge in [0, 0.05) is 6.20 Å². The molecule has 0 radical (unpaired) electrons. The largest absolute Gasteiger partial charge is 0.316 e. The lowest BCUT2D eigenvalue weighted by Gasteiger charge is -2.05. The molecule has 0 aliphatic rings. The zero-order valence-electron chi connectivity index (χ0n) is 10.5. The van der Waals surface area contributed by atoms with Crippen molar-refractivity contribution >= 4 is 44.0 Å². The topological polar surface area (TPSA) is 54.9 Å². The van der Waals surface area contributed by atoms with E-state index in [0.717, 1.165) is 0 Å². The van der Waals surface area contributed by atoms with E-state index < -0.39 is 23.0 Å². The Labute approximate surface area is 130 Å². The van der Waals surface area contributed by atoms with Crippen molar-refractivity contribution in [2.75, 3.05) is 5.32 Å². The van der Waals surface area contributed by atoms with Gasteiger partial charge >= 0.3 is 0 Å². The summed E-state index contributed by atoms with van der Waals surface area (Å²) in [6.07, 6.45) is 1.36. The SMILES string of the molecule is O=c1nc(Nc2ccc(Cl)cn2)sc2c(F)c(F)c(F)cc12. The molecule has 0 fully saturated rings. The number of fused-ring (bicyclic) bond motifs is 1. The number of nitrogens with one attached hydrogen (secondary N) is 1. The van der Waals surface area contributed by atoms with Gasteiger partial charge in [0.05, 0.1) is 15.1 Å². The highest BCUT2D eigenvalue weighted by Gasteiger charge is 2.17. The van der Waals surface area contributed by atoms with Crippen LogP contribution in [0.5, 0.6) is 0 Å². The fourth-order valence-corrected chi connectivity index (χ4v) is 2.75. The Balaban J connectivity index is 2.12. The van der Waals surface area contributed by atoms with Crippen LogP contribution in [0.15, 0.2) is 29.2 Å². The summed E-state index contributed by atoms with van der Waals surface area (Å²) < 4.78 is 39.9. The van der Waals surface area contributed by atoms with Gasteiger partial charge in [0.2, 0.25) is 0 Å². The van der Waals surface area contributed by atoms with Gasteiger partial charge < -0.3 is 5.32 Å². The van der Waals surface area contributed by atoms with Gasteiger partial charge in [-0.15, -0.1) is 0 Å². The summed E-state index contributed by atoms with van der Waals surface area (Å²) in [4.78, 5) is 19.4. The molecular weight excluding hydrogens is 339 g/mol. The van der Waals surface area contributed by atoms with Crippen molar-refractivity contribution in [2.45, 2.75) is 0 Å². The molecule has 1 aromatic carbocycles. The molecule has 2 heterocycles. The lowest BCUT2D eigenvalue weighted by molar-refractivity contribution is 0.454. The van der Waals surface area contributed by atoms with Crippen LogP contribution >= 0.6 is 22.9 Å². The van der Waals surface area contributed by atoms with Crippen molar-refractivity contribution in [2.24, 2.45) is 0 Å². The van der Waals surface area contributed by atoms with Crippen LogP contribution in [0.25, 0.3) is 10.1 Å². The Kier molecular flexibility index (Phi) is 3.71. The highest BCUT2D eigenvalue weighted by atomic mass is 35.5. The van der Waals surface area contributed by atoms with E-state index in [1.54, 1.807) is 6.07 Å². The van der Waals surface area contributed by atoms with Gasteiger partial charge in [-0.1, -0.05) is 22.9 Å². The molecule has 0 bridgehead atoms. The van der Waals surface area contributed by atoms with E-state index in [4.69, 9.17) is 11.6 Å². The standard InChI is InChI=1S/C13H5ClF3N3OS/c14-5-1-2-8(18-4-5)19-13-20-12(21)6-3-7(15)9(16)10(17)11(6)22-13/h1-4H,(H,18,19,20,21). The molecule has 3 aromatic rings. The highest BCUT2D eigenvalue weighted by Crippen LogP contribution is 2.28. The third kappa shape index (κ3) is 2.62. The van der Waals surface area contributed by atoms with Gasteiger partial charge in [-0.25, -0.2) is 18.2 Å². The van der Waals surface area contributed by atoms with Gasteiger partial charge in [0.15, 0.2) is 22.6 Å². The molecule has 0 atom stereocenters. The molecule has 22 heavy (non-hydrogen) atoms. The summed E-state index contributed by atoms with van der Waals surface area (Å²) in [5, 5.41) is 2.77. The summed E-state index contributed by atoms with van der Waals surface area (Å²) in [5.41, 5.74) is -0.872.